The number of amides is 1. The number of halogens is 1. The number of benzene rings is 1. The van der Waals surface area contributed by atoms with Gasteiger partial charge in [0, 0.05) is 31.9 Å². The summed E-state index contributed by atoms with van der Waals surface area (Å²) in [6.07, 6.45) is 0. The predicted molar refractivity (Wildman–Crippen MR) is 87.5 cm³/mol. The molecule has 1 amide bonds. The molecule has 0 saturated carbocycles. The van der Waals surface area contributed by atoms with Crippen LogP contribution in [0.15, 0.2) is 24.3 Å². The van der Waals surface area contributed by atoms with Gasteiger partial charge < -0.3 is 9.80 Å². The van der Waals surface area contributed by atoms with Crippen molar-refractivity contribution in [3.8, 4) is 0 Å². The molecule has 0 unspecified atom stereocenters. The first kappa shape index (κ1) is 16.7. The smallest absolute Gasteiger partial charge is 0.240 e. The van der Waals surface area contributed by atoms with E-state index < -0.39 is 0 Å². The first-order chi connectivity index (χ1) is 10.4. The average molecular weight is 307 g/mol. The largest absolute Gasteiger partial charge is 0.368 e. The van der Waals surface area contributed by atoms with Crippen LogP contribution in [0.25, 0.3) is 0 Å². The van der Waals surface area contributed by atoms with Crippen LogP contribution in [0.3, 0.4) is 0 Å². The zero-order valence-corrected chi connectivity index (χ0v) is 13.9. The molecule has 1 aliphatic rings. The highest BCUT2D eigenvalue weighted by Crippen LogP contribution is 2.18. The van der Waals surface area contributed by atoms with Crippen molar-refractivity contribution in [2.75, 3.05) is 45.2 Å². The molecule has 1 heterocycles. The van der Waals surface area contributed by atoms with Crippen LogP contribution in [0.1, 0.15) is 13.8 Å². The number of carbonyl (C=O) groups excluding carboxylic acids is 1. The number of carbonyl (C=O) groups is 1. The van der Waals surface area contributed by atoms with Crippen molar-refractivity contribution in [1.29, 1.82) is 0 Å². The van der Waals surface area contributed by atoms with Crippen molar-refractivity contribution in [2.45, 2.75) is 19.9 Å². The van der Waals surface area contributed by atoms with E-state index in [1.54, 1.807) is 12.1 Å². The third kappa shape index (κ3) is 3.77. The number of likely N-dealkylation sites (N-methyl/N-ethyl adjacent to an activating group) is 1. The Morgan fingerprint density at radius 3 is 2.09 bits per heavy atom. The lowest BCUT2D eigenvalue weighted by Crippen LogP contribution is -2.55. The first-order valence-electron chi connectivity index (χ1n) is 7.86. The summed E-state index contributed by atoms with van der Waals surface area (Å²) in [5.74, 6) is 0.278. The maximum Gasteiger partial charge on any atom is 0.240 e. The molecule has 1 aromatic rings. The van der Waals surface area contributed by atoms with Crippen LogP contribution in [0.4, 0.5) is 10.1 Å². The van der Waals surface area contributed by atoms with Gasteiger partial charge in [-0.1, -0.05) is 13.8 Å². The fourth-order valence-corrected chi connectivity index (χ4v) is 3.13. The molecule has 5 heteroatoms. The van der Waals surface area contributed by atoms with E-state index >= 15 is 0 Å². The number of nitrogens with zero attached hydrogens (tertiary/aromatic N) is 3. The SMILES string of the molecule is CC(C)[C@@H](C(=O)N1CCN(c2ccc(F)cc2)CC1)N(C)C. The van der Waals surface area contributed by atoms with Crippen molar-refractivity contribution >= 4 is 11.6 Å². The Kier molecular flexibility index (Phi) is 5.40. The van der Waals surface area contributed by atoms with Crippen molar-refractivity contribution in [1.82, 2.24) is 9.80 Å². The molecule has 4 nitrogen and oxygen atoms in total. The molecule has 0 aromatic heterocycles. The van der Waals surface area contributed by atoms with E-state index in [0.29, 0.717) is 13.1 Å². The van der Waals surface area contributed by atoms with E-state index in [1.807, 2.05) is 23.9 Å². The lowest BCUT2D eigenvalue weighted by atomic mass is 10.0. The summed E-state index contributed by atoms with van der Waals surface area (Å²) < 4.78 is 13.0. The number of hydrogen-bond acceptors (Lipinski definition) is 3. The Morgan fingerprint density at radius 1 is 1.09 bits per heavy atom. The van der Waals surface area contributed by atoms with E-state index in [1.165, 1.54) is 12.1 Å². The lowest BCUT2D eigenvalue weighted by molar-refractivity contribution is -0.137. The zero-order chi connectivity index (χ0) is 16.3. The fraction of sp³-hybridized carbons (Fsp3) is 0.588. The molecular formula is C17H26FN3O. The van der Waals surface area contributed by atoms with Gasteiger partial charge in [-0.2, -0.15) is 0 Å². The van der Waals surface area contributed by atoms with E-state index in [-0.39, 0.29) is 23.7 Å². The van der Waals surface area contributed by atoms with Crippen LogP contribution in [-0.2, 0) is 4.79 Å². The molecule has 2 rings (SSSR count). The average Bonchev–Trinajstić information content (AvgIpc) is 2.47. The van der Waals surface area contributed by atoms with Crippen LogP contribution in [-0.4, -0.2) is 62.0 Å². The maximum atomic E-state index is 13.0. The Hall–Kier alpha value is -1.62. The van der Waals surface area contributed by atoms with Crippen molar-refractivity contribution < 1.29 is 9.18 Å². The summed E-state index contributed by atoms with van der Waals surface area (Å²) in [6.45, 7) is 7.17. The van der Waals surface area contributed by atoms with Gasteiger partial charge in [-0.05, 0) is 44.3 Å². The van der Waals surface area contributed by atoms with Crippen LogP contribution in [0.5, 0.6) is 0 Å². The van der Waals surface area contributed by atoms with Gasteiger partial charge >= 0.3 is 0 Å². The highest BCUT2D eigenvalue weighted by Gasteiger charge is 2.30. The fourth-order valence-electron chi connectivity index (χ4n) is 3.13. The van der Waals surface area contributed by atoms with E-state index in [4.69, 9.17) is 0 Å². The zero-order valence-electron chi connectivity index (χ0n) is 13.9. The van der Waals surface area contributed by atoms with Crippen LogP contribution in [0.2, 0.25) is 0 Å². The number of rotatable bonds is 4. The molecule has 1 aromatic carbocycles. The Bertz CT molecular complexity index is 485. The summed E-state index contributed by atoms with van der Waals surface area (Å²) in [7, 11) is 3.91. The van der Waals surface area contributed by atoms with Gasteiger partial charge in [0.25, 0.3) is 0 Å². The molecule has 1 aliphatic heterocycles. The normalized spacial score (nSPS) is 17.2. The second-order valence-electron chi connectivity index (χ2n) is 6.44. The van der Waals surface area contributed by atoms with Gasteiger partial charge in [-0.25, -0.2) is 4.39 Å². The van der Waals surface area contributed by atoms with Gasteiger partial charge in [-0.15, -0.1) is 0 Å². The minimum Gasteiger partial charge on any atom is -0.368 e. The molecule has 0 N–H and O–H groups in total. The second-order valence-corrected chi connectivity index (χ2v) is 6.44. The summed E-state index contributed by atoms with van der Waals surface area (Å²) in [6, 6.07) is 6.48. The molecule has 1 saturated heterocycles. The molecule has 0 spiro atoms. The van der Waals surface area contributed by atoms with E-state index in [0.717, 1.165) is 18.8 Å². The predicted octanol–water partition coefficient (Wildman–Crippen LogP) is 2.06. The van der Waals surface area contributed by atoms with Gasteiger partial charge in [0.1, 0.15) is 5.82 Å². The molecular weight excluding hydrogens is 281 g/mol. The minimum atomic E-state index is -0.219. The maximum absolute atomic E-state index is 13.0. The Morgan fingerprint density at radius 2 is 1.64 bits per heavy atom. The summed E-state index contributed by atoms with van der Waals surface area (Å²) >= 11 is 0. The van der Waals surface area contributed by atoms with Gasteiger partial charge in [-0.3, -0.25) is 9.69 Å². The van der Waals surface area contributed by atoms with E-state index in [9.17, 15) is 9.18 Å². The van der Waals surface area contributed by atoms with Gasteiger partial charge in [0.15, 0.2) is 0 Å². The molecule has 0 aliphatic carbocycles. The summed E-state index contributed by atoms with van der Waals surface area (Å²) in [4.78, 5) is 18.8. The standard InChI is InChI=1S/C17H26FN3O/c1-13(2)16(19(3)4)17(22)21-11-9-20(10-12-21)15-7-5-14(18)6-8-15/h5-8,13,16H,9-12H2,1-4H3/t16-/m0/s1. The van der Waals surface area contributed by atoms with Crippen LogP contribution in [0, 0.1) is 11.7 Å². The van der Waals surface area contributed by atoms with Crippen molar-refractivity contribution in [3.63, 3.8) is 0 Å². The van der Waals surface area contributed by atoms with Gasteiger partial charge in [0.2, 0.25) is 5.91 Å². The topological polar surface area (TPSA) is 26.8 Å². The highest BCUT2D eigenvalue weighted by atomic mass is 19.1. The van der Waals surface area contributed by atoms with Gasteiger partial charge in [0.05, 0.1) is 6.04 Å². The minimum absolute atomic E-state index is 0.0719. The lowest BCUT2D eigenvalue weighted by Gasteiger charge is -2.39. The first-order valence-corrected chi connectivity index (χ1v) is 7.86. The van der Waals surface area contributed by atoms with Crippen molar-refractivity contribution in [3.05, 3.63) is 30.1 Å². The van der Waals surface area contributed by atoms with Crippen LogP contribution >= 0.6 is 0 Å². The molecule has 1 atom stereocenters. The van der Waals surface area contributed by atoms with Crippen molar-refractivity contribution in [2.24, 2.45) is 5.92 Å². The number of hydrogen-bond donors (Lipinski definition) is 0. The Balaban J connectivity index is 1.96. The summed E-state index contributed by atoms with van der Waals surface area (Å²) in [5, 5.41) is 0. The second kappa shape index (κ2) is 7.09. The molecule has 0 radical (unpaired) electrons. The number of anilines is 1. The highest BCUT2D eigenvalue weighted by molar-refractivity contribution is 5.82. The summed E-state index contributed by atoms with van der Waals surface area (Å²) in [5.41, 5.74) is 1.02. The van der Waals surface area contributed by atoms with Crippen LogP contribution < -0.4 is 4.90 Å². The molecule has 1 fully saturated rings. The molecule has 0 bridgehead atoms. The third-order valence-electron chi connectivity index (χ3n) is 4.22. The third-order valence-corrected chi connectivity index (χ3v) is 4.22. The Labute approximate surface area is 132 Å². The monoisotopic (exact) mass is 307 g/mol. The quantitative estimate of drug-likeness (QED) is 0.852. The number of piperazine rings is 1. The van der Waals surface area contributed by atoms with E-state index in [2.05, 4.69) is 18.7 Å². The molecule has 22 heavy (non-hydrogen) atoms. The molecule has 122 valence electrons.